The highest BCUT2D eigenvalue weighted by molar-refractivity contribution is 5.80. The van der Waals surface area contributed by atoms with E-state index in [9.17, 15) is 20.1 Å². The van der Waals surface area contributed by atoms with Crippen molar-refractivity contribution in [2.75, 3.05) is 6.61 Å². The second-order valence-electron chi connectivity index (χ2n) is 14.2. The number of nitrogens with one attached hydrogen (secondary N) is 1. The van der Waals surface area contributed by atoms with Crippen molar-refractivity contribution in [3.63, 3.8) is 0 Å². The molecular weight excluding hydrogens is 594 g/mol. The van der Waals surface area contributed by atoms with E-state index in [0.29, 0.717) is 6.42 Å². The Labute approximate surface area is 298 Å². The molecule has 0 radical (unpaired) electrons. The summed E-state index contributed by atoms with van der Waals surface area (Å²) in [5.41, 5.74) is 0. The average molecular weight is 676 g/mol. The van der Waals surface area contributed by atoms with Gasteiger partial charge in [-0.2, -0.15) is 0 Å². The highest BCUT2D eigenvalue weighted by atomic mass is 16.3. The summed E-state index contributed by atoms with van der Waals surface area (Å²) in [4.78, 5) is 12.4. The van der Waals surface area contributed by atoms with Crippen molar-refractivity contribution in [2.45, 2.75) is 225 Å². The van der Waals surface area contributed by atoms with E-state index in [-0.39, 0.29) is 6.61 Å². The SMILES string of the molecule is CCCCCCCCCCCCCCC/C=C/CC/C=C/CC/C=C/C(O)C(CO)NC(=O)C(O)CCCCCCCCCCCCC. The first-order valence-electron chi connectivity index (χ1n) is 20.8. The number of rotatable bonds is 37. The van der Waals surface area contributed by atoms with Gasteiger partial charge in [-0.25, -0.2) is 0 Å². The van der Waals surface area contributed by atoms with Crippen LogP contribution in [0.3, 0.4) is 0 Å². The van der Waals surface area contributed by atoms with Crippen LogP contribution in [-0.2, 0) is 4.79 Å². The van der Waals surface area contributed by atoms with Crippen LogP contribution in [0.1, 0.15) is 206 Å². The smallest absolute Gasteiger partial charge is 0.249 e. The molecule has 0 aliphatic heterocycles. The zero-order chi connectivity index (χ0) is 35.2. The fourth-order valence-electron chi connectivity index (χ4n) is 6.16. The van der Waals surface area contributed by atoms with Crippen LogP contribution in [0.2, 0.25) is 0 Å². The van der Waals surface area contributed by atoms with E-state index in [2.05, 4.69) is 43.5 Å². The summed E-state index contributed by atoms with van der Waals surface area (Å²) in [7, 11) is 0. The van der Waals surface area contributed by atoms with E-state index in [1.165, 1.54) is 141 Å². The Morgan fingerprint density at radius 3 is 1.27 bits per heavy atom. The predicted molar refractivity (Wildman–Crippen MR) is 208 cm³/mol. The van der Waals surface area contributed by atoms with E-state index in [0.717, 1.165) is 44.9 Å². The first kappa shape index (κ1) is 46.6. The number of hydrogen-bond donors (Lipinski definition) is 4. The largest absolute Gasteiger partial charge is 0.394 e. The third kappa shape index (κ3) is 33.1. The lowest BCUT2D eigenvalue weighted by atomic mass is 10.0. The number of allylic oxidation sites excluding steroid dienone is 5. The Hall–Kier alpha value is -1.43. The average Bonchev–Trinajstić information content (AvgIpc) is 3.09. The fourth-order valence-corrected chi connectivity index (χ4v) is 6.16. The second-order valence-corrected chi connectivity index (χ2v) is 14.2. The van der Waals surface area contributed by atoms with Gasteiger partial charge in [-0.15, -0.1) is 0 Å². The normalized spacial score (nSPS) is 14.0. The summed E-state index contributed by atoms with van der Waals surface area (Å²) < 4.78 is 0. The van der Waals surface area contributed by atoms with Gasteiger partial charge in [-0.1, -0.05) is 198 Å². The number of carbonyl (C=O) groups excluding carboxylic acids is 1. The van der Waals surface area contributed by atoms with Crippen molar-refractivity contribution in [3.8, 4) is 0 Å². The Kier molecular flexibility index (Phi) is 37.2. The topological polar surface area (TPSA) is 89.8 Å². The van der Waals surface area contributed by atoms with Crippen LogP contribution < -0.4 is 5.32 Å². The summed E-state index contributed by atoms with van der Waals surface area (Å²) in [5, 5.41) is 33.0. The first-order chi connectivity index (χ1) is 23.6. The number of aliphatic hydroxyl groups excluding tert-OH is 3. The van der Waals surface area contributed by atoms with Crippen LogP contribution in [0.4, 0.5) is 0 Å². The molecule has 4 N–H and O–H groups in total. The second kappa shape index (κ2) is 38.4. The number of unbranched alkanes of at least 4 members (excludes halogenated alkanes) is 25. The van der Waals surface area contributed by atoms with Gasteiger partial charge in [0.1, 0.15) is 6.10 Å². The number of amides is 1. The van der Waals surface area contributed by atoms with E-state index in [4.69, 9.17) is 0 Å². The van der Waals surface area contributed by atoms with Gasteiger partial charge in [0.15, 0.2) is 0 Å². The molecule has 0 heterocycles. The molecule has 0 aliphatic rings. The van der Waals surface area contributed by atoms with Crippen molar-refractivity contribution in [1.29, 1.82) is 0 Å². The van der Waals surface area contributed by atoms with Gasteiger partial charge in [0.05, 0.1) is 18.8 Å². The van der Waals surface area contributed by atoms with Crippen LogP contribution in [0.5, 0.6) is 0 Å². The lowest BCUT2D eigenvalue weighted by Gasteiger charge is -2.21. The van der Waals surface area contributed by atoms with Gasteiger partial charge in [-0.05, 0) is 44.9 Å². The zero-order valence-corrected chi connectivity index (χ0v) is 31.9. The van der Waals surface area contributed by atoms with E-state index >= 15 is 0 Å². The Balaban J connectivity index is 3.74. The Morgan fingerprint density at radius 2 is 0.854 bits per heavy atom. The minimum atomic E-state index is -1.10. The summed E-state index contributed by atoms with van der Waals surface area (Å²) in [6, 6.07) is -0.817. The van der Waals surface area contributed by atoms with Gasteiger partial charge < -0.3 is 20.6 Å². The van der Waals surface area contributed by atoms with Crippen molar-refractivity contribution in [2.24, 2.45) is 0 Å². The maximum Gasteiger partial charge on any atom is 0.249 e. The van der Waals surface area contributed by atoms with Gasteiger partial charge >= 0.3 is 0 Å². The first-order valence-corrected chi connectivity index (χ1v) is 20.8. The molecule has 3 unspecified atom stereocenters. The van der Waals surface area contributed by atoms with Crippen LogP contribution in [0.15, 0.2) is 36.5 Å². The van der Waals surface area contributed by atoms with Crippen LogP contribution in [-0.4, -0.2) is 46.1 Å². The number of aliphatic hydroxyl groups is 3. The molecule has 0 bridgehead atoms. The standard InChI is InChI=1S/C43H81NO4/c1-3-5-7-9-11-13-15-16-17-18-19-20-21-22-23-24-25-26-28-29-31-33-35-37-41(46)40(39-45)44-43(48)42(47)38-36-34-32-30-27-14-12-10-8-6-4-2/h23-24,28-29,35,37,40-42,45-47H,3-22,25-27,30-34,36,38-39H2,1-2H3,(H,44,48)/b24-23+,29-28+,37-35+. The summed E-state index contributed by atoms with van der Waals surface area (Å²) in [6.07, 6.45) is 47.5. The lowest BCUT2D eigenvalue weighted by Crippen LogP contribution is -2.48. The fraction of sp³-hybridized carbons (Fsp3) is 0.837. The quantitative estimate of drug-likeness (QED) is 0.0390. The van der Waals surface area contributed by atoms with Crippen LogP contribution >= 0.6 is 0 Å². The molecule has 0 aromatic carbocycles. The van der Waals surface area contributed by atoms with Crippen LogP contribution in [0, 0.1) is 0 Å². The number of carbonyl (C=O) groups is 1. The summed E-state index contributed by atoms with van der Waals surface area (Å²) in [5.74, 6) is -0.519. The predicted octanol–water partition coefficient (Wildman–Crippen LogP) is 11.6. The van der Waals surface area contributed by atoms with Gasteiger partial charge in [0.2, 0.25) is 5.91 Å². The molecule has 0 fully saturated rings. The molecule has 0 spiro atoms. The molecule has 0 rings (SSSR count). The maximum atomic E-state index is 12.4. The third-order valence-electron chi connectivity index (χ3n) is 9.46. The third-order valence-corrected chi connectivity index (χ3v) is 9.46. The van der Waals surface area contributed by atoms with Crippen molar-refractivity contribution in [1.82, 2.24) is 5.32 Å². The molecule has 0 aromatic heterocycles. The van der Waals surface area contributed by atoms with E-state index in [1.807, 2.05) is 6.08 Å². The molecule has 0 saturated carbocycles. The molecule has 5 nitrogen and oxygen atoms in total. The highest BCUT2D eigenvalue weighted by Crippen LogP contribution is 2.14. The van der Waals surface area contributed by atoms with Crippen LogP contribution in [0.25, 0.3) is 0 Å². The molecule has 48 heavy (non-hydrogen) atoms. The molecular formula is C43H81NO4. The summed E-state index contributed by atoms with van der Waals surface area (Å²) in [6.45, 7) is 4.15. The maximum absolute atomic E-state index is 12.4. The highest BCUT2D eigenvalue weighted by Gasteiger charge is 2.22. The minimum absolute atomic E-state index is 0.380. The molecule has 0 saturated heterocycles. The molecule has 5 heteroatoms. The van der Waals surface area contributed by atoms with Crippen molar-refractivity contribution < 1.29 is 20.1 Å². The molecule has 282 valence electrons. The van der Waals surface area contributed by atoms with Crippen molar-refractivity contribution in [3.05, 3.63) is 36.5 Å². The minimum Gasteiger partial charge on any atom is -0.394 e. The zero-order valence-electron chi connectivity index (χ0n) is 31.9. The molecule has 0 aromatic rings. The van der Waals surface area contributed by atoms with Gasteiger partial charge in [-0.3, -0.25) is 4.79 Å². The molecule has 3 atom stereocenters. The Bertz CT molecular complexity index is 749. The van der Waals surface area contributed by atoms with Crippen molar-refractivity contribution >= 4 is 5.91 Å². The molecule has 0 aliphatic carbocycles. The summed E-state index contributed by atoms with van der Waals surface area (Å²) >= 11 is 0. The molecule has 1 amide bonds. The number of hydrogen-bond acceptors (Lipinski definition) is 4. The van der Waals surface area contributed by atoms with E-state index in [1.54, 1.807) is 6.08 Å². The lowest BCUT2D eigenvalue weighted by molar-refractivity contribution is -0.131. The van der Waals surface area contributed by atoms with Gasteiger partial charge in [0, 0.05) is 0 Å². The Morgan fingerprint density at radius 1 is 0.500 bits per heavy atom. The van der Waals surface area contributed by atoms with Gasteiger partial charge in [0.25, 0.3) is 0 Å². The van der Waals surface area contributed by atoms with E-state index < -0.39 is 24.2 Å². The monoisotopic (exact) mass is 676 g/mol.